The van der Waals surface area contributed by atoms with Crippen molar-refractivity contribution < 1.29 is 13.2 Å². The molecule has 3 aromatic heterocycles. The highest BCUT2D eigenvalue weighted by atomic mass is 35.5. The van der Waals surface area contributed by atoms with Gasteiger partial charge in [0, 0.05) is 5.56 Å². The molecule has 5 aromatic rings. The van der Waals surface area contributed by atoms with Crippen LogP contribution in [-0.2, 0) is 6.18 Å². The van der Waals surface area contributed by atoms with Crippen molar-refractivity contribution in [3.8, 4) is 11.3 Å². The zero-order valence-electron chi connectivity index (χ0n) is 17.0. The molecule has 5 rings (SSSR count). The number of nitrogens with zero attached hydrogens (tertiary/aromatic N) is 5. The van der Waals surface area contributed by atoms with Gasteiger partial charge in [0.1, 0.15) is 17.4 Å². The van der Waals surface area contributed by atoms with Crippen LogP contribution in [0, 0.1) is 0 Å². The van der Waals surface area contributed by atoms with Crippen molar-refractivity contribution >= 4 is 39.6 Å². The number of benzene rings is 2. The Morgan fingerprint density at radius 2 is 1.79 bits per heavy atom. The third-order valence-electron chi connectivity index (χ3n) is 5.14. The standard InChI is InChI=1S/C22H15ClF3N7/c1-11(31-21-19-20(28-9-27-19)29-10-30-21)16-17(12-5-2-3-7-14(12)23)33-18-13(22(24,25)26)6-4-8-15(18)32-16/h2-11H,1H3,(H2,27,28,29,30,31). The largest absolute Gasteiger partial charge is 0.418 e. The van der Waals surface area contributed by atoms with Crippen LogP contribution in [0.2, 0.25) is 5.02 Å². The third-order valence-corrected chi connectivity index (χ3v) is 5.47. The lowest BCUT2D eigenvalue weighted by atomic mass is 10.0. The van der Waals surface area contributed by atoms with Gasteiger partial charge in [0.15, 0.2) is 11.5 Å². The minimum absolute atomic E-state index is 0.122. The van der Waals surface area contributed by atoms with Gasteiger partial charge in [-0.15, -0.1) is 0 Å². The lowest BCUT2D eigenvalue weighted by Gasteiger charge is -2.19. The minimum Gasteiger partial charge on any atom is -0.360 e. The molecule has 2 N–H and O–H groups in total. The molecular weight excluding hydrogens is 455 g/mol. The molecule has 33 heavy (non-hydrogen) atoms. The number of nitrogens with one attached hydrogen (secondary N) is 2. The number of fused-ring (bicyclic) bond motifs is 2. The van der Waals surface area contributed by atoms with Gasteiger partial charge < -0.3 is 10.3 Å². The predicted molar refractivity (Wildman–Crippen MR) is 119 cm³/mol. The number of hydrogen-bond donors (Lipinski definition) is 2. The van der Waals surface area contributed by atoms with Gasteiger partial charge in [-0.3, -0.25) is 0 Å². The lowest BCUT2D eigenvalue weighted by Crippen LogP contribution is -2.14. The number of alkyl halides is 3. The molecule has 0 amide bonds. The summed E-state index contributed by atoms with van der Waals surface area (Å²) in [5.74, 6) is 0.449. The average molecular weight is 470 g/mol. The fraction of sp³-hybridized carbons (Fsp3) is 0.136. The van der Waals surface area contributed by atoms with Crippen LogP contribution in [0.1, 0.15) is 24.2 Å². The highest BCUT2D eigenvalue weighted by molar-refractivity contribution is 6.33. The molecule has 0 aliphatic carbocycles. The summed E-state index contributed by atoms with van der Waals surface area (Å²) in [5, 5.41) is 3.57. The zero-order valence-corrected chi connectivity index (χ0v) is 17.8. The number of para-hydroxylation sites is 1. The molecule has 0 aliphatic heterocycles. The van der Waals surface area contributed by atoms with Gasteiger partial charge in [-0.25, -0.2) is 24.9 Å². The molecule has 0 aliphatic rings. The summed E-state index contributed by atoms with van der Waals surface area (Å²) < 4.78 is 41.0. The van der Waals surface area contributed by atoms with Crippen LogP contribution in [0.3, 0.4) is 0 Å². The number of aromatic nitrogens is 6. The molecule has 0 radical (unpaired) electrons. The number of imidazole rings is 1. The summed E-state index contributed by atoms with van der Waals surface area (Å²) in [7, 11) is 0. The maximum absolute atomic E-state index is 13.7. The molecular formula is C22H15ClF3N7. The number of anilines is 1. The van der Waals surface area contributed by atoms with E-state index in [2.05, 4.69) is 35.2 Å². The summed E-state index contributed by atoms with van der Waals surface area (Å²) in [6, 6.07) is 10.1. The van der Waals surface area contributed by atoms with Crippen LogP contribution in [0.15, 0.2) is 55.1 Å². The van der Waals surface area contributed by atoms with Gasteiger partial charge >= 0.3 is 6.18 Å². The Morgan fingerprint density at radius 3 is 2.58 bits per heavy atom. The number of halogens is 4. The average Bonchev–Trinajstić information content (AvgIpc) is 3.27. The van der Waals surface area contributed by atoms with Crippen molar-refractivity contribution in [1.29, 1.82) is 0 Å². The van der Waals surface area contributed by atoms with Gasteiger partial charge in [-0.1, -0.05) is 35.9 Å². The summed E-state index contributed by atoms with van der Waals surface area (Å²) in [4.78, 5) is 24.5. The fourth-order valence-corrected chi connectivity index (χ4v) is 3.84. The molecule has 0 saturated carbocycles. The van der Waals surface area contributed by atoms with E-state index in [0.717, 1.165) is 6.07 Å². The van der Waals surface area contributed by atoms with E-state index in [1.807, 2.05) is 6.92 Å². The summed E-state index contributed by atoms with van der Waals surface area (Å²) >= 11 is 6.39. The highest BCUT2D eigenvalue weighted by Gasteiger charge is 2.34. The van der Waals surface area contributed by atoms with E-state index in [1.165, 1.54) is 24.8 Å². The third kappa shape index (κ3) is 3.82. The Bertz CT molecular complexity index is 1480. The van der Waals surface area contributed by atoms with Gasteiger partial charge in [-0.05, 0) is 25.1 Å². The van der Waals surface area contributed by atoms with E-state index in [-0.39, 0.29) is 16.7 Å². The second-order valence-electron chi connectivity index (χ2n) is 7.30. The Kier molecular flexibility index (Phi) is 5.09. The van der Waals surface area contributed by atoms with E-state index in [1.54, 1.807) is 24.3 Å². The number of H-pyrrole nitrogens is 1. The maximum atomic E-state index is 13.7. The number of hydrogen-bond acceptors (Lipinski definition) is 6. The van der Waals surface area contributed by atoms with E-state index < -0.39 is 17.8 Å². The zero-order chi connectivity index (χ0) is 23.2. The first-order chi connectivity index (χ1) is 15.8. The molecule has 0 bridgehead atoms. The smallest absolute Gasteiger partial charge is 0.360 e. The van der Waals surface area contributed by atoms with E-state index in [0.29, 0.717) is 33.3 Å². The number of aromatic amines is 1. The lowest BCUT2D eigenvalue weighted by molar-refractivity contribution is -0.136. The van der Waals surface area contributed by atoms with Crippen LogP contribution in [-0.4, -0.2) is 29.9 Å². The van der Waals surface area contributed by atoms with E-state index in [4.69, 9.17) is 11.6 Å². The molecule has 7 nitrogen and oxygen atoms in total. The van der Waals surface area contributed by atoms with E-state index >= 15 is 0 Å². The Labute approximate surface area is 190 Å². The Balaban J connectivity index is 1.71. The van der Waals surface area contributed by atoms with Crippen LogP contribution in [0.25, 0.3) is 33.5 Å². The van der Waals surface area contributed by atoms with Gasteiger partial charge in [0.05, 0.1) is 39.9 Å². The highest BCUT2D eigenvalue weighted by Crippen LogP contribution is 2.38. The normalized spacial score (nSPS) is 12.9. The van der Waals surface area contributed by atoms with Gasteiger partial charge in [-0.2, -0.15) is 13.2 Å². The molecule has 1 unspecified atom stereocenters. The molecule has 3 heterocycles. The monoisotopic (exact) mass is 469 g/mol. The molecule has 0 fully saturated rings. The van der Waals surface area contributed by atoms with Crippen molar-refractivity contribution in [2.75, 3.05) is 5.32 Å². The topological polar surface area (TPSA) is 92.3 Å². The van der Waals surface area contributed by atoms with Crippen LogP contribution in [0.4, 0.5) is 19.0 Å². The fourth-order valence-electron chi connectivity index (χ4n) is 3.62. The van der Waals surface area contributed by atoms with Gasteiger partial charge in [0.2, 0.25) is 0 Å². The molecule has 1 atom stereocenters. The van der Waals surface area contributed by atoms with E-state index in [9.17, 15) is 13.2 Å². The first-order valence-corrected chi connectivity index (χ1v) is 10.2. The van der Waals surface area contributed by atoms with Gasteiger partial charge in [0.25, 0.3) is 0 Å². The molecule has 166 valence electrons. The molecule has 11 heteroatoms. The predicted octanol–water partition coefficient (Wildman–Crippen LogP) is 5.81. The van der Waals surface area contributed by atoms with Crippen molar-refractivity contribution in [3.63, 3.8) is 0 Å². The second-order valence-corrected chi connectivity index (χ2v) is 7.70. The van der Waals surface area contributed by atoms with Crippen LogP contribution >= 0.6 is 11.6 Å². The molecule has 0 saturated heterocycles. The Hall–Kier alpha value is -3.79. The van der Waals surface area contributed by atoms with Crippen molar-refractivity contribution in [3.05, 3.63) is 71.4 Å². The minimum atomic E-state index is -4.58. The quantitative estimate of drug-likeness (QED) is 0.345. The first kappa shape index (κ1) is 21.1. The van der Waals surface area contributed by atoms with Crippen LogP contribution < -0.4 is 5.32 Å². The van der Waals surface area contributed by atoms with Crippen molar-refractivity contribution in [2.24, 2.45) is 0 Å². The van der Waals surface area contributed by atoms with Crippen LogP contribution in [0.5, 0.6) is 0 Å². The number of rotatable bonds is 4. The summed E-state index contributed by atoms with van der Waals surface area (Å²) in [6.45, 7) is 1.81. The Morgan fingerprint density at radius 1 is 0.970 bits per heavy atom. The first-order valence-electron chi connectivity index (χ1n) is 9.86. The van der Waals surface area contributed by atoms with Crippen molar-refractivity contribution in [2.45, 2.75) is 19.1 Å². The SMILES string of the molecule is CC(Nc1ncnc2[nH]cnc12)c1nc2cccc(C(F)(F)F)c2nc1-c1ccccc1Cl. The molecule has 2 aromatic carbocycles. The summed E-state index contributed by atoms with van der Waals surface area (Å²) in [6.07, 6.45) is -1.70. The van der Waals surface area contributed by atoms with Crippen molar-refractivity contribution in [1.82, 2.24) is 29.9 Å². The second kappa shape index (κ2) is 7.96. The summed E-state index contributed by atoms with van der Waals surface area (Å²) in [5.41, 5.74) is 1.23. The molecule has 0 spiro atoms. The maximum Gasteiger partial charge on any atom is 0.418 e.